The van der Waals surface area contributed by atoms with E-state index < -0.39 is 11.9 Å². The van der Waals surface area contributed by atoms with Crippen LogP contribution in [0.1, 0.15) is 24.5 Å². The third-order valence-electron chi connectivity index (χ3n) is 2.49. The fourth-order valence-corrected chi connectivity index (χ4v) is 2.40. The SMILES string of the molecule is CC(C)Oc1nccnc1NCCc1nc(C(F)(F)F)cs1. The van der Waals surface area contributed by atoms with Crippen molar-refractivity contribution in [2.24, 2.45) is 0 Å². The number of hydrogen-bond donors (Lipinski definition) is 1. The largest absolute Gasteiger partial charge is 0.472 e. The maximum absolute atomic E-state index is 12.5. The van der Waals surface area contributed by atoms with E-state index >= 15 is 0 Å². The van der Waals surface area contributed by atoms with Gasteiger partial charge in [-0.3, -0.25) is 0 Å². The summed E-state index contributed by atoms with van der Waals surface area (Å²) < 4.78 is 42.9. The molecule has 0 saturated carbocycles. The molecule has 5 nitrogen and oxygen atoms in total. The van der Waals surface area contributed by atoms with E-state index in [2.05, 4.69) is 20.3 Å². The minimum absolute atomic E-state index is 0.0504. The van der Waals surface area contributed by atoms with Gasteiger partial charge in [0, 0.05) is 30.7 Å². The molecule has 0 spiro atoms. The Bertz CT molecular complexity index is 615. The minimum atomic E-state index is -4.40. The molecule has 2 rings (SSSR count). The Hall–Kier alpha value is -1.90. The molecule has 2 aromatic rings. The van der Waals surface area contributed by atoms with Gasteiger partial charge in [0.25, 0.3) is 5.88 Å². The maximum Gasteiger partial charge on any atom is 0.434 e. The second-order valence-electron chi connectivity index (χ2n) is 4.68. The summed E-state index contributed by atoms with van der Waals surface area (Å²) in [5.74, 6) is 0.830. The molecule has 0 radical (unpaired) electrons. The lowest BCUT2D eigenvalue weighted by molar-refractivity contribution is -0.140. The molecule has 0 atom stereocenters. The van der Waals surface area contributed by atoms with Gasteiger partial charge < -0.3 is 10.1 Å². The third-order valence-corrected chi connectivity index (χ3v) is 3.39. The summed E-state index contributed by atoms with van der Waals surface area (Å²) in [6.45, 7) is 4.12. The van der Waals surface area contributed by atoms with Gasteiger partial charge in [-0.2, -0.15) is 13.2 Å². The number of halogens is 3. The Balaban J connectivity index is 1.93. The van der Waals surface area contributed by atoms with Gasteiger partial charge in [0.2, 0.25) is 0 Å². The van der Waals surface area contributed by atoms with Crippen LogP contribution < -0.4 is 10.1 Å². The average molecular weight is 332 g/mol. The molecule has 1 N–H and O–H groups in total. The molecule has 120 valence electrons. The standard InChI is InChI=1S/C13H15F3N4OS/c1-8(2)21-12-11(18-5-6-19-12)17-4-3-10-20-9(7-22-10)13(14,15)16/h5-8H,3-4H2,1-2H3,(H,17,18). The van der Waals surface area contributed by atoms with Gasteiger partial charge in [0.1, 0.15) is 0 Å². The molecule has 9 heteroatoms. The summed E-state index contributed by atoms with van der Waals surface area (Å²) in [5.41, 5.74) is -0.851. The predicted octanol–water partition coefficient (Wildman–Crippen LogP) is 3.39. The normalized spacial score (nSPS) is 11.7. The highest BCUT2D eigenvalue weighted by molar-refractivity contribution is 7.09. The van der Waals surface area contributed by atoms with Crippen LogP contribution in [0, 0.1) is 0 Å². The number of thiazole rings is 1. The van der Waals surface area contributed by atoms with Gasteiger partial charge in [0.05, 0.1) is 11.1 Å². The first kappa shape index (κ1) is 16.5. The molecule has 0 fully saturated rings. The zero-order chi connectivity index (χ0) is 16.2. The van der Waals surface area contributed by atoms with Crippen LogP contribution in [0.15, 0.2) is 17.8 Å². The van der Waals surface area contributed by atoms with Gasteiger partial charge in [-0.1, -0.05) is 0 Å². The Kier molecular flexibility index (Phi) is 5.17. The molecule has 2 heterocycles. The van der Waals surface area contributed by atoms with E-state index in [1.807, 2.05) is 13.8 Å². The molecule has 0 aliphatic heterocycles. The lowest BCUT2D eigenvalue weighted by Gasteiger charge is -2.12. The van der Waals surface area contributed by atoms with Crippen LogP contribution in [0.4, 0.5) is 19.0 Å². The van der Waals surface area contributed by atoms with Crippen molar-refractivity contribution in [1.82, 2.24) is 15.0 Å². The van der Waals surface area contributed by atoms with E-state index in [9.17, 15) is 13.2 Å². The third kappa shape index (κ3) is 4.55. The van der Waals surface area contributed by atoms with Crippen molar-refractivity contribution in [3.05, 3.63) is 28.5 Å². The van der Waals surface area contributed by atoms with Crippen molar-refractivity contribution >= 4 is 17.2 Å². The number of aromatic nitrogens is 3. The minimum Gasteiger partial charge on any atom is -0.472 e. The number of alkyl halides is 3. The summed E-state index contributed by atoms with van der Waals surface area (Å²) in [5, 5.41) is 4.43. The van der Waals surface area contributed by atoms with Crippen molar-refractivity contribution in [1.29, 1.82) is 0 Å². The van der Waals surface area contributed by atoms with Gasteiger partial charge in [-0.05, 0) is 13.8 Å². The fourth-order valence-electron chi connectivity index (χ4n) is 1.60. The van der Waals surface area contributed by atoms with E-state index in [1.54, 1.807) is 0 Å². The van der Waals surface area contributed by atoms with E-state index in [-0.39, 0.29) is 6.10 Å². The first-order valence-corrected chi connectivity index (χ1v) is 7.47. The number of hydrogen-bond acceptors (Lipinski definition) is 6. The van der Waals surface area contributed by atoms with Crippen LogP contribution in [0.2, 0.25) is 0 Å². The smallest absolute Gasteiger partial charge is 0.434 e. The van der Waals surface area contributed by atoms with Crippen LogP contribution in [0.25, 0.3) is 0 Å². The summed E-state index contributed by atoms with van der Waals surface area (Å²) in [4.78, 5) is 11.8. The Morgan fingerprint density at radius 1 is 1.27 bits per heavy atom. The molecule has 0 aliphatic rings. The van der Waals surface area contributed by atoms with Gasteiger partial charge in [-0.25, -0.2) is 15.0 Å². The predicted molar refractivity (Wildman–Crippen MR) is 77.1 cm³/mol. The Morgan fingerprint density at radius 2 is 2.00 bits per heavy atom. The second kappa shape index (κ2) is 6.91. The molecular formula is C13H15F3N4OS. The fraction of sp³-hybridized carbons (Fsp3) is 0.462. The van der Waals surface area contributed by atoms with Gasteiger partial charge >= 0.3 is 6.18 Å². The van der Waals surface area contributed by atoms with Gasteiger partial charge in [-0.15, -0.1) is 11.3 Å². The molecule has 0 amide bonds. The highest BCUT2D eigenvalue weighted by Gasteiger charge is 2.33. The highest BCUT2D eigenvalue weighted by atomic mass is 32.1. The molecule has 0 bridgehead atoms. The van der Waals surface area contributed by atoms with Crippen molar-refractivity contribution < 1.29 is 17.9 Å². The van der Waals surface area contributed by atoms with Crippen LogP contribution in [0.5, 0.6) is 5.88 Å². The van der Waals surface area contributed by atoms with Crippen molar-refractivity contribution in [3.63, 3.8) is 0 Å². The van der Waals surface area contributed by atoms with Gasteiger partial charge in [0.15, 0.2) is 11.5 Å². The maximum atomic E-state index is 12.5. The van der Waals surface area contributed by atoms with Crippen LogP contribution in [0.3, 0.4) is 0 Å². The molecule has 2 aromatic heterocycles. The number of ether oxygens (including phenoxy) is 1. The summed E-state index contributed by atoms with van der Waals surface area (Å²) in [6, 6.07) is 0. The monoisotopic (exact) mass is 332 g/mol. The zero-order valence-corrected chi connectivity index (χ0v) is 12.8. The first-order chi connectivity index (χ1) is 10.4. The molecule has 0 unspecified atom stereocenters. The molecule has 0 saturated heterocycles. The number of nitrogens with one attached hydrogen (secondary N) is 1. The van der Waals surface area contributed by atoms with Crippen LogP contribution in [-0.4, -0.2) is 27.6 Å². The Labute approximate surface area is 129 Å². The summed E-state index contributed by atoms with van der Waals surface area (Å²) >= 11 is 0.988. The second-order valence-corrected chi connectivity index (χ2v) is 5.62. The number of anilines is 1. The van der Waals surface area contributed by atoms with Crippen molar-refractivity contribution in [2.75, 3.05) is 11.9 Å². The summed E-state index contributed by atoms with van der Waals surface area (Å²) in [7, 11) is 0. The lowest BCUT2D eigenvalue weighted by atomic mass is 10.4. The van der Waals surface area contributed by atoms with E-state index in [0.29, 0.717) is 29.7 Å². The molecular weight excluding hydrogens is 317 g/mol. The van der Waals surface area contributed by atoms with Crippen LogP contribution >= 0.6 is 11.3 Å². The quantitative estimate of drug-likeness (QED) is 0.878. The Morgan fingerprint density at radius 3 is 2.64 bits per heavy atom. The highest BCUT2D eigenvalue weighted by Crippen LogP contribution is 2.30. The number of nitrogens with zero attached hydrogens (tertiary/aromatic N) is 3. The zero-order valence-electron chi connectivity index (χ0n) is 12.0. The summed E-state index contributed by atoms with van der Waals surface area (Å²) in [6.07, 6.45) is -1.06. The van der Waals surface area contributed by atoms with E-state index in [4.69, 9.17) is 4.74 Å². The number of rotatable bonds is 6. The molecule has 22 heavy (non-hydrogen) atoms. The lowest BCUT2D eigenvalue weighted by Crippen LogP contribution is -2.13. The molecule has 0 aromatic carbocycles. The van der Waals surface area contributed by atoms with Crippen molar-refractivity contribution in [2.45, 2.75) is 32.5 Å². The average Bonchev–Trinajstić information content (AvgIpc) is 2.89. The molecule has 0 aliphatic carbocycles. The van der Waals surface area contributed by atoms with E-state index in [1.165, 1.54) is 12.4 Å². The van der Waals surface area contributed by atoms with Crippen LogP contribution in [-0.2, 0) is 12.6 Å². The first-order valence-electron chi connectivity index (χ1n) is 6.59. The van der Waals surface area contributed by atoms with E-state index in [0.717, 1.165) is 16.7 Å². The van der Waals surface area contributed by atoms with Crippen molar-refractivity contribution in [3.8, 4) is 5.88 Å². The topological polar surface area (TPSA) is 59.9 Å².